The zero-order valence-corrected chi connectivity index (χ0v) is 24.2. The lowest BCUT2D eigenvalue weighted by atomic mass is 9.99. The van der Waals surface area contributed by atoms with Gasteiger partial charge in [-0.05, 0) is 97.4 Å². The van der Waals surface area contributed by atoms with Gasteiger partial charge in [0.05, 0.1) is 16.6 Å². The lowest BCUT2D eigenvalue weighted by Gasteiger charge is -2.21. The molecule has 3 aliphatic heterocycles. The van der Waals surface area contributed by atoms with E-state index in [0.29, 0.717) is 46.4 Å². The second-order valence-corrected chi connectivity index (χ2v) is 11.8. The smallest absolute Gasteiger partial charge is 0.416 e. The largest absolute Gasteiger partial charge is 0.454 e. The van der Waals surface area contributed by atoms with Gasteiger partial charge in [0.1, 0.15) is 5.82 Å². The number of alkyl halides is 3. The van der Waals surface area contributed by atoms with Crippen molar-refractivity contribution < 1.29 is 27.4 Å². The SMILES string of the molecule is O=C(c1cc(NCc2ccc(C(F)(F)F)cc2)nc2ccc(-c3ccc4c(c3)OCO4)cc12)N1CCC(CN2CCCC2)C1. The molecular formula is C34H33F3N4O3. The van der Waals surface area contributed by atoms with Gasteiger partial charge in [-0.1, -0.05) is 24.3 Å². The van der Waals surface area contributed by atoms with Crippen molar-refractivity contribution in [3.8, 4) is 22.6 Å². The first-order valence-corrected chi connectivity index (χ1v) is 15.1. The molecule has 7 rings (SSSR count). The number of carbonyl (C=O) groups excluding carboxylic acids is 1. The lowest BCUT2D eigenvalue weighted by Crippen LogP contribution is -2.32. The number of amides is 1. The number of anilines is 1. The first-order chi connectivity index (χ1) is 21.3. The summed E-state index contributed by atoms with van der Waals surface area (Å²) in [4.78, 5) is 23.3. The first-order valence-electron chi connectivity index (χ1n) is 15.1. The van der Waals surface area contributed by atoms with Crippen LogP contribution in [0, 0.1) is 5.92 Å². The Kier molecular flexibility index (Phi) is 7.53. The number of pyridine rings is 1. The molecule has 44 heavy (non-hydrogen) atoms. The number of hydrogen-bond acceptors (Lipinski definition) is 6. The van der Waals surface area contributed by atoms with Crippen LogP contribution in [0.3, 0.4) is 0 Å². The molecular weight excluding hydrogens is 569 g/mol. The molecule has 4 heterocycles. The standard InChI is InChI=1S/C34H33F3N4O3/c35-34(36,37)26-7-3-22(4-8-26)18-38-32-17-28(33(42)41-14-11-23(20-41)19-40-12-1-2-13-40)27-15-24(5-9-29(27)39-32)25-6-10-30-31(16-25)44-21-43-30/h3-10,15-17,23H,1-2,11-14,18-21H2,(H,38,39). The van der Waals surface area contributed by atoms with E-state index < -0.39 is 11.7 Å². The van der Waals surface area contributed by atoms with Crippen molar-refractivity contribution in [2.24, 2.45) is 5.92 Å². The van der Waals surface area contributed by atoms with Crippen LogP contribution in [0.5, 0.6) is 11.5 Å². The average Bonchev–Trinajstić information content (AvgIpc) is 3.81. The summed E-state index contributed by atoms with van der Waals surface area (Å²) in [5.41, 5.74) is 3.05. The molecule has 0 aliphatic carbocycles. The van der Waals surface area contributed by atoms with Crippen LogP contribution in [0.2, 0.25) is 0 Å². The van der Waals surface area contributed by atoms with E-state index in [1.807, 2.05) is 41.3 Å². The summed E-state index contributed by atoms with van der Waals surface area (Å²) in [6.07, 6.45) is -0.922. The Morgan fingerprint density at radius 1 is 0.909 bits per heavy atom. The predicted octanol–water partition coefficient (Wildman–Crippen LogP) is 6.82. The number of rotatable bonds is 7. The maximum absolute atomic E-state index is 14.1. The number of fused-ring (bicyclic) bond motifs is 2. The van der Waals surface area contributed by atoms with Crippen molar-refractivity contribution in [2.45, 2.75) is 32.0 Å². The van der Waals surface area contributed by atoms with Gasteiger partial charge in [-0.25, -0.2) is 4.98 Å². The molecule has 4 aromatic rings. The van der Waals surface area contributed by atoms with Gasteiger partial charge in [-0.3, -0.25) is 4.79 Å². The van der Waals surface area contributed by atoms with Crippen LogP contribution in [-0.2, 0) is 12.7 Å². The van der Waals surface area contributed by atoms with Crippen LogP contribution >= 0.6 is 0 Å². The van der Waals surface area contributed by atoms with Crippen LogP contribution < -0.4 is 14.8 Å². The molecule has 1 unspecified atom stereocenters. The summed E-state index contributed by atoms with van der Waals surface area (Å²) in [7, 11) is 0. The number of halogens is 3. The van der Waals surface area contributed by atoms with E-state index in [0.717, 1.165) is 61.2 Å². The fourth-order valence-corrected chi connectivity index (χ4v) is 6.42. The predicted molar refractivity (Wildman–Crippen MR) is 162 cm³/mol. The van der Waals surface area contributed by atoms with Gasteiger partial charge >= 0.3 is 6.18 Å². The molecule has 0 spiro atoms. The van der Waals surface area contributed by atoms with Crippen molar-refractivity contribution in [3.05, 3.63) is 83.4 Å². The molecule has 10 heteroatoms. The van der Waals surface area contributed by atoms with Crippen LogP contribution in [0.25, 0.3) is 22.0 Å². The first kappa shape index (κ1) is 28.5. The van der Waals surface area contributed by atoms with E-state index in [9.17, 15) is 18.0 Å². The molecule has 1 aromatic heterocycles. The topological polar surface area (TPSA) is 66.9 Å². The minimum Gasteiger partial charge on any atom is -0.454 e. The van der Waals surface area contributed by atoms with Crippen LogP contribution in [-0.4, -0.2) is 60.2 Å². The molecule has 0 bridgehead atoms. The van der Waals surface area contributed by atoms with Crippen LogP contribution in [0.15, 0.2) is 66.7 Å². The highest BCUT2D eigenvalue weighted by Crippen LogP contribution is 2.37. The van der Waals surface area contributed by atoms with Gasteiger partial charge in [0.25, 0.3) is 5.91 Å². The summed E-state index contributed by atoms with van der Waals surface area (Å²) < 4.78 is 50.1. The van der Waals surface area contributed by atoms with Crippen LogP contribution in [0.4, 0.5) is 19.0 Å². The molecule has 0 radical (unpaired) electrons. The molecule has 1 amide bonds. The maximum Gasteiger partial charge on any atom is 0.416 e. The number of carbonyl (C=O) groups is 1. The zero-order valence-electron chi connectivity index (χ0n) is 24.2. The molecule has 3 aromatic carbocycles. The quantitative estimate of drug-likeness (QED) is 0.251. The molecule has 1 N–H and O–H groups in total. The number of ether oxygens (including phenoxy) is 2. The van der Waals surface area contributed by atoms with Gasteiger partial charge in [0.2, 0.25) is 6.79 Å². The maximum atomic E-state index is 14.1. The summed E-state index contributed by atoms with van der Waals surface area (Å²) in [5, 5.41) is 3.97. The minimum absolute atomic E-state index is 0.0401. The lowest BCUT2D eigenvalue weighted by molar-refractivity contribution is -0.137. The van der Waals surface area contributed by atoms with Crippen molar-refractivity contribution in [1.29, 1.82) is 0 Å². The fraction of sp³-hybridized carbons (Fsp3) is 0.353. The van der Waals surface area contributed by atoms with E-state index in [1.54, 1.807) is 6.07 Å². The monoisotopic (exact) mass is 602 g/mol. The molecule has 228 valence electrons. The van der Waals surface area contributed by atoms with Gasteiger partial charge in [-0.15, -0.1) is 0 Å². The normalized spacial score (nSPS) is 18.3. The van der Waals surface area contributed by atoms with Crippen molar-refractivity contribution in [3.63, 3.8) is 0 Å². The Labute approximate surface area is 253 Å². The van der Waals surface area contributed by atoms with E-state index in [1.165, 1.54) is 25.0 Å². The number of likely N-dealkylation sites (tertiary alicyclic amines) is 2. The number of nitrogens with zero attached hydrogens (tertiary/aromatic N) is 3. The minimum atomic E-state index is -4.39. The van der Waals surface area contributed by atoms with E-state index in [2.05, 4.69) is 10.2 Å². The summed E-state index contributed by atoms with van der Waals surface area (Å²) in [6, 6.07) is 18.4. The van der Waals surface area contributed by atoms with Gasteiger partial charge < -0.3 is 24.6 Å². The molecule has 2 saturated heterocycles. The highest BCUT2D eigenvalue weighted by atomic mass is 19.4. The van der Waals surface area contributed by atoms with E-state index in [4.69, 9.17) is 14.5 Å². The van der Waals surface area contributed by atoms with Crippen molar-refractivity contribution in [2.75, 3.05) is 44.8 Å². The summed E-state index contributed by atoms with van der Waals surface area (Å²) in [6.45, 7) is 5.17. The number of benzene rings is 3. The number of nitrogens with one attached hydrogen (secondary N) is 1. The third kappa shape index (κ3) is 5.91. The Morgan fingerprint density at radius 3 is 2.45 bits per heavy atom. The third-order valence-electron chi connectivity index (χ3n) is 8.79. The molecule has 7 nitrogen and oxygen atoms in total. The second-order valence-electron chi connectivity index (χ2n) is 11.8. The molecule has 3 aliphatic rings. The van der Waals surface area contributed by atoms with Crippen molar-refractivity contribution in [1.82, 2.24) is 14.8 Å². The van der Waals surface area contributed by atoms with Gasteiger partial charge in [0, 0.05) is 31.6 Å². The second kappa shape index (κ2) is 11.6. The number of aromatic nitrogens is 1. The number of hydrogen-bond donors (Lipinski definition) is 1. The third-order valence-corrected chi connectivity index (χ3v) is 8.79. The van der Waals surface area contributed by atoms with E-state index in [-0.39, 0.29) is 19.2 Å². The van der Waals surface area contributed by atoms with Gasteiger partial charge in [0.15, 0.2) is 11.5 Å². The Bertz CT molecular complexity index is 1690. The summed E-state index contributed by atoms with van der Waals surface area (Å²) in [5.74, 6) is 2.28. The van der Waals surface area contributed by atoms with Crippen LogP contribution in [0.1, 0.15) is 40.7 Å². The highest BCUT2D eigenvalue weighted by molar-refractivity contribution is 6.08. The highest BCUT2D eigenvalue weighted by Gasteiger charge is 2.31. The molecule has 0 saturated carbocycles. The molecule has 1 atom stereocenters. The van der Waals surface area contributed by atoms with E-state index >= 15 is 0 Å². The Morgan fingerprint density at radius 2 is 1.66 bits per heavy atom. The Hall–Kier alpha value is -4.31. The summed E-state index contributed by atoms with van der Waals surface area (Å²) >= 11 is 0. The van der Waals surface area contributed by atoms with Crippen molar-refractivity contribution >= 4 is 22.6 Å². The van der Waals surface area contributed by atoms with Gasteiger partial charge in [-0.2, -0.15) is 13.2 Å². The average molecular weight is 603 g/mol. The Balaban J connectivity index is 1.18. The zero-order chi connectivity index (χ0) is 30.3. The molecule has 2 fully saturated rings. The fourth-order valence-electron chi connectivity index (χ4n) is 6.42.